The maximum Gasteiger partial charge on any atom is 0.330 e. The van der Waals surface area contributed by atoms with Crippen molar-refractivity contribution in [1.82, 2.24) is 0 Å². The van der Waals surface area contributed by atoms with Gasteiger partial charge in [-0.3, -0.25) is 4.57 Å². The molecule has 0 fully saturated rings. The lowest BCUT2D eigenvalue weighted by atomic mass is 10.1. The summed E-state index contributed by atoms with van der Waals surface area (Å²) in [5, 5.41) is 0. The number of carbonyl (C=O) groups excluding carboxylic acids is 1. The first-order valence-electron chi connectivity index (χ1n) is 11.1. The summed E-state index contributed by atoms with van der Waals surface area (Å²) in [7, 11) is -2.93. The van der Waals surface area contributed by atoms with Gasteiger partial charge in [-0.05, 0) is 19.3 Å². The molecule has 0 rings (SSSR count). The number of hydrogen-bond acceptors (Lipinski definition) is 3. The average Bonchev–Trinajstić information content (AvgIpc) is 2.65. The Morgan fingerprint density at radius 3 is 1.67 bits per heavy atom. The van der Waals surface area contributed by atoms with E-state index >= 15 is 0 Å². The van der Waals surface area contributed by atoms with Crippen LogP contribution in [-0.2, 0) is 14.1 Å². The molecule has 0 amide bonds. The van der Waals surface area contributed by atoms with E-state index in [1.807, 2.05) is 0 Å². The molecule has 160 valence electrons. The van der Waals surface area contributed by atoms with Crippen molar-refractivity contribution < 1.29 is 19.0 Å². The van der Waals surface area contributed by atoms with Gasteiger partial charge in [0.2, 0.25) is 7.37 Å². The SMILES string of the molecule is C=CC(=O)OCCCCCCCP(=O)(O)CCCCCCCCCCCC. The molecule has 1 unspecified atom stereocenters. The molecule has 1 N–H and O–H groups in total. The number of ether oxygens (including phenoxy) is 1. The van der Waals surface area contributed by atoms with Crippen LogP contribution in [0.25, 0.3) is 0 Å². The summed E-state index contributed by atoms with van der Waals surface area (Å²) in [5.41, 5.74) is 0. The number of esters is 1. The molecular weight excluding hydrogens is 359 g/mol. The number of rotatable bonds is 20. The minimum atomic E-state index is -2.93. The maximum atomic E-state index is 12.2. The molecule has 4 nitrogen and oxygen atoms in total. The highest BCUT2D eigenvalue weighted by Gasteiger charge is 2.16. The Morgan fingerprint density at radius 1 is 0.815 bits per heavy atom. The summed E-state index contributed by atoms with van der Waals surface area (Å²) in [6.45, 7) is 6.03. The maximum absolute atomic E-state index is 12.2. The molecule has 0 aromatic carbocycles. The van der Waals surface area contributed by atoms with Crippen LogP contribution in [0, 0.1) is 0 Å². The summed E-state index contributed by atoms with van der Waals surface area (Å²) >= 11 is 0. The Hall–Kier alpha value is -0.600. The normalized spacial score (nSPS) is 13.3. The summed E-state index contributed by atoms with van der Waals surface area (Å²) in [6, 6.07) is 0. The molecule has 27 heavy (non-hydrogen) atoms. The minimum Gasteiger partial charge on any atom is -0.463 e. The predicted octanol–water partition coefficient (Wildman–Crippen LogP) is 6.86. The summed E-state index contributed by atoms with van der Waals surface area (Å²) in [5.74, 6) is -0.372. The third kappa shape index (κ3) is 20.0. The summed E-state index contributed by atoms with van der Waals surface area (Å²) in [6.07, 6.45) is 19.2. The Labute approximate surface area is 167 Å². The van der Waals surface area contributed by atoms with Crippen LogP contribution in [0.5, 0.6) is 0 Å². The minimum absolute atomic E-state index is 0.372. The van der Waals surface area contributed by atoms with Crippen molar-refractivity contribution in [2.24, 2.45) is 0 Å². The van der Waals surface area contributed by atoms with Gasteiger partial charge in [0.1, 0.15) is 0 Å². The van der Waals surface area contributed by atoms with Gasteiger partial charge in [0.05, 0.1) is 6.61 Å². The van der Waals surface area contributed by atoms with Gasteiger partial charge in [0.15, 0.2) is 0 Å². The van der Waals surface area contributed by atoms with Crippen molar-refractivity contribution in [2.45, 2.75) is 103 Å². The van der Waals surface area contributed by atoms with Gasteiger partial charge in [-0.15, -0.1) is 0 Å². The molecule has 0 aliphatic carbocycles. The Bertz CT molecular complexity index is 409. The van der Waals surface area contributed by atoms with Gasteiger partial charge < -0.3 is 9.63 Å². The molecule has 0 saturated carbocycles. The van der Waals surface area contributed by atoms with E-state index in [0.717, 1.165) is 44.9 Å². The van der Waals surface area contributed by atoms with Crippen molar-refractivity contribution in [2.75, 3.05) is 18.9 Å². The quantitative estimate of drug-likeness (QED) is 0.105. The molecule has 0 spiro atoms. The lowest BCUT2D eigenvalue weighted by Crippen LogP contribution is -2.01. The molecule has 0 aliphatic rings. The Balaban J connectivity index is 3.39. The molecule has 0 aliphatic heterocycles. The first-order valence-corrected chi connectivity index (χ1v) is 13.1. The highest BCUT2D eigenvalue weighted by Crippen LogP contribution is 2.42. The molecular formula is C22H43O4P. The van der Waals surface area contributed by atoms with Crippen LogP contribution in [0.15, 0.2) is 12.7 Å². The Kier molecular flexibility index (Phi) is 18.3. The van der Waals surface area contributed by atoms with Crippen molar-refractivity contribution in [3.05, 3.63) is 12.7 Å². The first-order chi connectivity index (χ1) is 13.0. The first kappa shape index (κ1) is 26.4. The highest BCUT2D eigenvalue weighted by molar-refractivity contribution is 7.57. The number of unbranched alkanes of at least 4 members (excludes halogenated alkanes) is 13. The van der Waals surface area contributed by atoms with E-state index in [1.165, 1.54) is 57.4 Å². The monoisotopic (exact) mass is 402 g/mol. The van der Waals surface area contributed by atoms with Crippen LogP contribution in [-0.4, -0.2) is 29.8 Å². The van der Waals surface area contributed by atoms with Gasteiger partial charge in [0.25, 0.3) is 0 Å². The van der Waals surface area contributed by atoms with Crippen LogP contribution in [0.3, 0.4) is 0 Å². The second-order valence-electron chi connectivity index (χ2n) is 7.61. The standard InChI is InChI=1S/C22H43O4P/c1-3-5-6-7-8-9-10-11-14-17-20-27(24,25)21-18-15-12-13-16-19-26-22(23)4-2/h4H,2-3,5-21H2,1H3,(H,24,25). The fraction of sp³-hybridized carbons (Fsp3) is 0.864. The van der Waals surface area contributed by atoms with E-state index in [2.05, 4.69) is 13.5 Å². The number of carbonyl (C=O) groups is 1. The zero-order valence-electron chi connectivity index (χ0n) is 17.6. The van der Waals surface area contributed by atoms with Crippen molar-refractivity contribution in [3.8, 4) is 0 Å². The molecule has 0 heterocycles. The molecule has 0 bridgehead atoms. The topological polar surface area (TPSA) is 63.6 Å². The number of hydrogen-bond donors (Lipinski definition) is 1. The third-order valence-corrected chi connectivity index (χ3v) is 6.95. The van der Waals surface area contributed by atoms with Gasteiger partial charge >= 0.3 is 5.97 Å². The van der Waals surface area contributed by atoms with Crippen LogP contribution in [0.1, 0.15) is 103 Å². The van der Waals surface area contributed by atoms with Crippen molar-refractivity contribution in [3.63, 3.8) is 0 Å². The molecule has 0 aromatic heterocycles. The van der Waals surface area contributed by atoms with E-state index in [4.69, 9.17) is 4.74 Å². The zero-order chi connectivity index (χ0) is 20.2. The lowest BCUT2D eigenvalue weighted by Gasteiger charge is -2.11. The molecule has 0 radical (unpaired) electrons. The fourth-order valence-corrected chi connectivity index (χ4v) is 4.84. The van der Waals surface area contributed by atoms with Gasteiger partial charge in [-0.2, -0.15) is 0 Å². The van der Waals surface area contributed by atoms with Gasteiger partial charge in [-0.25, -0.2) is 4.79 Å². The summed E-state index contributed by atoms with van der Waals surface area (Å²) in [4.78, 5) is 20.9. The van der Waals surface area contributed by atoms with Crippen LogP contribution < -0.4 is 0 Å². The van der Waals surface area contributed by atoms with E-state index < -0.39 is 7.37 Å². The second kappa shape index (κ2) is 18.7. The van der Waals surface area contributed by atoms with Crippen molar-refractivity contribution in [1.29, 1.82) is 0 Å². The summed E-state index contributed by atoms with van der Waals surface area (Å²) < 4.78 is 17.1. The molecule has 0 aromatic rings. The van der Waals surface area contributed by atoms with Crippen molar-refractivity contribution >= 4 is 13.3 Å². The van der Waals surface area contributed by atoms with Gasteiger partial charge in [0, 0.05) is 18.4 Å². The predicted molar refractivity (Wildman–Crippen MR) is 116 cm³/mol. The van der Waals surface area contributed by atoms with E-state index in [-0.39, 0.29) is 5.97 Å². The second-order valence-corrected chi connectivity index (χ2v) is 10.2. The molecule has 0 saturated heterocycles. The average molecular weight is 403 g/mol. The smallest absolute Gasteiger partial charge is 0.330 e. The van der Waals surface area contributed by atoms with E-state index in [9.17, 15) is 14.3 Å². The largest absolute Gasteiger partial charge is 0.463 e. The van der Waals surface area contributed by atoms with E-state index in [0.29, 0.717) is 18.9 Å². The zero-order valence-corrected chi connectivity index (χ0v) is 18.5. The fourth-order valence-electron chi connectivity index (χ4n) is 3.18. The van der Waals surface area contributed by atoms with Crippen LogP contribution >= 0.6 is 7.37 Å². The highest BCUT2D eigenvalue weighted by atomic mass is 31.2. The third-order valence-electron chi connectivity index (χ3n) is 4.92. The lowest BCUT2D eigenvalue weighted by molar-refractivity contribution is -0.137. The molecule has 1 atom stereocenters. The van der Waals surface area contributed by atoms with Gasteiger partial charge in [-0.1, -0.05) is 90.6 Å². The van der Waals surface area contributed by atoms with E-state index in [1.54, 1.807) is 0 Å². The van der Waals surface area contributed by atoms with Crippen LogP contribution in [0.2, 0.25) is 0 Å². The van der Waals surface area contributed by atoms with Crippen LogP contribution in [0.4, 0.5) is 0 Å². The molecule has 5 heteroatoms. The Morgan fingerprint density at radius 2 is 1.22 bits per heavy atom.